The van der Waals surface area contributed by atoms with Crippen LogP contribution in [0.15, 0.2) is 29.2 Å². The van der Waals surface area contributed by atoms with Crippen LogP contribution >= 0.6 is 23.7 Å². The van der Waals surface area contributed by atoms with E-state index in [0.717, 1.165) is 10.1 Å². The van der Waals surface area contributed by atoms with Crippen LogP contribution < -0.4 is 5.32 Å². The van der Waals surface area contributed by atoms with Crippen molar-refractivity contribution >= 4 is 49.8 Å². The fourth-order valence-corrected chi connectivity index (χ4v) is 4.93. The monoisotopic (exact) mass is 390 g/mol. The van der Waals surface area contributed by atoms with Crippen LogP contribution in [0.25, 0.3) is 10.1 Å². The highest BCUT2D eigenvalue weighted by Gasteiger charge is 2.26. The number of hydrogen-bond donors (Lipinski definition) is 1. The van der Waals surface area contributed by atoms with Crippen LogP contribution in [0.4, 0.5) is 0 Å². The number of halogens is 1. The van der Waals surface area contributed by atoms with Crippen molar-refractivity contribution in [1.29, 1.82) is 0 Å². The van der Waals surface area contributed by atoms with Gasteiger partial charge < -0.3 is 10.1 Å². The van der Waals surface area contributed by atoms with E-state index in [-0.39, 0.29) is 23.3 Å². The van der Waals surface area contributed by atoms with Gasteiger partial charge in [-0.2, -0.15) is 4.31 Å². The van der Waals surface area contributed by atoms with Gasteiger partial charge in [0.1, 0.15) is 4.88 Å². The topological polar surface area (TPSA) is 75.7 Å². The van der Waals surface area contributed by atoms with E-state index in [1.807, 2.05) is 0 Å². The van der Waals surface area contributed by atoms with Gasteiger partial charge in [-0.15, -0.1) is 23.7 Å². The van der Waals surface area contributed by atoms with E-state index in [4.69, 9.17) is 4.74 Å². The van der Waals surface area contributed by atoms with Gasteiger partial charge in [-0.1, -0.05) is 0 Å². The number of benzene rings is 1. The van der Waals surface area contributed by atoms with Crippen LogP contribution in [-0.4, -0.2) is 51.5 Å². The molecular formula is C15H19ClN2O4S2. The van der Waals surface area contributed by atoms with Crippen molar-refractivity contribution in [2.24, 2.45) is 0 Å². The van der Waals surface area contributed by atoms with Gasteiger partial charge in [-0.05, 0) is 36.6 Å². The molecule has 0 radical (unpaired) electrons. The molecule has 2 aromatic rings. The fraction of sp³-hybridized carbons (Fsp3) is 0.400. The van der Waals surface area contributed by atoms with Crippen LogP contribution in [-0.2, 0) is 14.8 Å². The molecule has 0 spiro atoms. The van der Waals surface area contributed by atoms with Gasteiger partial charge in [0.25, 0.3) is 0 Å². The molecule has 3 rings (SSSR count). The molecule has 0 atom stereocenters. The summed E-state index contributed by atoms with van der Waals surface area (Å²) < 4.78 is 32.7. The lowest BCUT2D eigenvalue weighted by Crippen LogP contribution is -2.46. The molecule has 24 heavy (non-hydrogen) atoms. The quantitative estimate of drug-likeness (QED) is 0.809. The summed E-state index contributed by atoms with van der Waals surface area (Å²) in [5.74, 6) is -0.375. The van der Waals surface area contributed by atoms with Crippen LogP contribution in [0.2, 0.25) is 0 Å². The molecule has 6 nitrogen and oxygen atoms in total. The molecule has 1 N–H and O–H groups in total. The zero-order valence-corrected chi connectivity index (χ0v) is 15.6. The molecule has 0 aliphatic carbocycles. The van der Waals surface area contributed by atoms with E-state index in [0.29, 0.717) is 37.7 Å². The summed E-state index contributed by atoms with van der Waals surface area (Å²) in [7, 11) is -3.49. The number of thiophene rings is 1. The van der Waals surface area contributed by atoms with Crippen LogP contribution in [0, 0.1) is 0 Å². The minimum Gasteiger partial charge on any atom is -0.462 e. The largest absolute Gasteiger partial charge is 0.462 e. The molecule has 0 saturated carbocycles. The van der Waals surface area contributed by atoms with Gasteiger partial charge in [-0.25, -0.2) is 13.2 Å². The lowest BCUT2D eigenvalue weighted by Gasteiger charge is -2.26. The predicted octanol–water partition coefficient (Wildman–Crippen LogP) is 2.09. The third-order valence-electron chi connectivity index (χ3n) is 3.68. The van der Waals surface area contributed by atoms with Crippen molar-refractivity contribution in [3.8, 4) is 0 Å². The van der Waals surface area contributed by atoms with Crippen molar-refractivity contribution in [3.63, 3.8) is 0 Å². The number of ether oxygens (including phenoxy) is 1. The Morgan fingerprint density at radius 3 is 2.67 bits per heavy atom. The third-order valence-corrected chi connectivity index (χ3v) is 6.67. The molecule has 9 heteroatoms. The van der Waals surface area contributed by atoms with Crippen LogP contribution in [0.5, 0.6) is 0 Å². The van der Waals surface area contributed by atoms with E-state index >= 15 is 0 Å². The Balaban J connectivity index is 0.00000208. The van der Waals surface area contributed by atoms with Gasteiger partial charge in [-0.3, -0.25) is 0 Å². The second-order valence-electron chi connectivity index (χ2n) is 5.18. The molecule has 1 aromatic carbocycles. The first-order valence-corrected chi connectivity index (χ1v) is 9.69. The van der Waals surface area contributed by atoms with E-state index in [1.165, 1.54) is 15.6 Å². The number of hydrogen-bond acceptors (Lipinski definition) is 6. The van der Waals surface area contributed by atoms with E-state index in [9.17, 15) is 13.2 Å². The van der Waals surface area contributed by atoms with Crippen molar-refractivity contribution < 1.29 is 17.9 Å². The first kappa shape index (κ1) is 19.1. The average molecular weight is 391 g/mol. The summed E-state index contributed by atoms with van der Waals surface area (Å²) in [4.78, 5) is 12.5. The number of esters is 1. The number of nitrogens with zero attached hydrogens (tertiary/aromatic N) is 1. The van der Waals surface area contributed by atoms with E-state index < -0.39 is 10.0 Å². The molecule has 1 aromatic heterocycles. The number of carbonyl (C=O) groups excluding carboxylic acids is 1. The maximum atomic E-state index is 12.7. The van der Waals surface area contributed by atoms with E-state index in [1.54, 1.807) is 31.2 Å². The van der Waals surface area contributed by atoms with Gasteiger partial charge in [0.15, 0.2) is 0 Å². The molecule has 2 heterocycles. The molecule has 1 aliphatic rings. The highest BCUT2D eigenvalue weighted by Crippen LogP contribution is 2.29. The summed E-state index contributed by atoms with van der Waals surface area (Å²) >= 11 is 1.31. The second kappa shape index (κ2) is 7.79. The summed E-state index contributed by atoms with van der Waals surface area (Å²) in [5, 5.41) is 3.88. The van der Waals surface area contributed by atoms with Gasteiger partial charge in [0.2, 0.25) is 10.0 Å². The average Bonchev–Trinajstić information content (AvgIpc) is 2.99. The zero-order chi connectivity index (χ0) is 16.4. The molecule has 1 fully saturated rings. The Hall–Kier alpha value is -1.19. The number of piperazine rings is 1. The molecular weight excluding hydrogens is 372 g/mol. The molecule has 0 unspecified atom stereocenters. The number of sulfonamides is 1. The van der Waals surface area contributed by atoms with Crippen molar-refractivity contribution in [1.82, 2.24) is 9.62 Å². The summed E-state index contributed by atoms with van der Waals surface area (Å²) in [6, 6.07) is 6.67. The zero-order valence-electron chi connectivity index (χ0n) is 13.1. The fourth-order valence-electron chi connectivity index (χ4n) is 2.52. The molecule has 132 valence electrons. The van der Waals surface area contributed by atoms with Crippen molar-refractivity contribution in [3.05, 3.63) is 29.1 Å². The molecule has 0 bridgehead atoms. The minimum atomic E-state index is -3.49. The predicted molar refractivity (Wildman–Crippen MR) is 96.7 cm³/mol. The van der Waals surface area contributed by atoms with Gasteiger partial charge in [0, 0.05) is 30.9 Å². The summed E-state index contributed by atoms with van der Waals surface area (Å²) in [5.41, 5.74) is 0. The second-order valence-corrected chi connectivity index (χ2v) is 8.21. The van der Waals surface area contributed by atoms with Crippen molar-refractivity contribution in [2.45, 2.75) is 11.8 Å². The maximum Gasteiger partial charge on any atom is 0.348 e. The van der Waals surface area contributed by atoms with Gasteiger partial charge in [0.05, 0.1) is 11.5 Å². The minimum absolute atomic E-state index is 0. The van der Waals surface area contributed by atoms with Crippen LogP contribution in [0.3, 0.4) is 0 Å². The SMILES string of the molecule is CCOC(=O)c1cc2cc(S(=O)(=O)N3CCNCC3)ccc2s1.Cl. The van der Waals surface area contributed by atoms with Gasteiger partial charge >= 0.3 is 5.97 Å². The Bertz CT molecular complexity index is 829. The maximum absolute atomic E-state index is 12.7. The number of nitrogens with one attached hydrogen (secondary N) is 1. The summed E-state index contributed by atoms with van der Waals surface area (Å²) in [6.45, 7) is 4.33. The van der Waals surface area contributed by atoms with Crippen LogP contribution in [0.1, 0.15) is 16.6 Å². The molecule has 1 aliphatic heterocycles. The lowest BCUT2D eigenvalue weighted by atomic mass is 10.2. The highest BCUT2D eigenvalue weighted by atomic mass is 35.5. The Morgan fingerprint density at radius 2 is 2.00 bits per heavy atom. The smallest absolute Gasteiger partial charge is 0.348 e. The number of rotatable bonds is 4. The Kier molecular flexibility index (Phi) is 6.22. The Labute approximate surface area is 151 Å². The van der Waals surface area contributed by atoms with E-state index in [2.05, 4.69) is 5.32 Å². The first-order valence-electron chi connectivity index (χ1n) is 7.44. The number of fused-ring (bicyclic) bond motifs is 1. The van der Waals surface area contributed by atoms with Crippen molar-refractivity contribution in [2.75, 3.05) is 32.8 Å². The summed E-state index contributed by atoms with van der Waals surface area (Å²) in [6.07, 6.45) is 0. The highest BCUT2D eigenvalue weighted by molar-refractivity contribution is 7.89. The first-order chi connectivity index (χ1) is 11.0. The number of carbonyl (C=O) groups is 1. The lowest BCUT2D eigenvalue weighted by molar-refractivity contribution is 0.0532. The Morgan fingerprint density at radius 1 is 1.29 bits per heavy atom. The molecule has 1 saturated heterocycles. The third kappa shape index (κ3) is 3.73. The molecule has 0 amide bonds. The normalized spacial score (nSPS) is 15.9. The standard InChI is InChI=1S/C15H18N2O4S2.ClH/c1-2-21-15(18)14-10-11-9-12(3-4-13(11)22-14)23(19,20)17-7-5-16-6-8-17;/h3-4,9-10,16H,2,5-8H2,1H3;1H.